The van der Waals surface area contributed by atoms with E-state index >= 15 is 0 Å². The van der Waals surface area contributed by atoms with Crippen molar-refractivity contribution in [1.29, 1.82) is 0 Å². The first-order valence-corrected chi connectivity index (χ1v) is 8.52. The molecule has 0 fully saturated rings. The van der Waals surface area contributed by atoms with Crippen molar-refractivity contribution in [2.45, 2.75) is 33.6 Å². The molecule has 0 heterocycles. The summed E-state index contributed by atoms with van der Waals surface area (Å²) in [5.74, 6) is -0.927. The molecule has 0 radical (unpaired) electrons. The minimum atomic E-state index is -0.640. The molecule has 7 heteroatoms. The SMILES string of the molecule is Cc1ccc([N+](=O)[O-])c(NC(=O)COC(=O)c2ccc(C(C)C)cc2)c1C. The minimum absolute atomic E-state index is 0.113. The molecule has 2 aromatic carbocycles. The highest BCUT2D eigenvalue weighted by molar-refractivity contribution is 5.97. The van der Waals surface area contributed by atoms with E-state index in [-0.39, 0.29) is 11.4 Å². The molecule has 27 heavy (non-hydrogen) atoms. The van der Waals surface area contributed by atoms with Crippen molar-refractivity contribution < 1.29 is 19.2 Å². The maximum absolute atomic E-state index is 12.1. The second kappa shape index (κ2) is 8.44. The van der Waals surface area contributed by atoms with Crippen molar-refractivity contribution in [3.8, 4) is 0 Å². The van der Waals surface area contributed by atoms with Crippen molar-refractivity contribution in [3.63, 3.8) is 0 Å². The van der Waals surface area contributed by atoms with Gasteiger partial charge in [-0.2, -0.15) is 0 Å². The van der Waals surface area contributed by atoms with Gasteiger partial charge in [0.25, 0.3) is 11.6 Å². The summed E-state index contributed by atoms with van der Waals surface area (Å²) in [4.78, 5) is 34.8. The molecule has 1 amide bonds. The molecule has 0 spiro atoms. The first kappa shape index (κ1) is 20.1. The molecule has 142 valence electrons. The van der Waals surface area contributed by atoms with E-state index in [2.05, 4.69) is 5.32 Å². The Hall–Kier alpha value is -3.22. The summed E-state index contributed by atoms with van der Waals surface area (Å²) in [6.07, 6.45) is 0. The molecule has 0 saturated heterocycles. The zero-order valence-corrected chi connectivity index (χ0v) is 15.7. The maximum atomic E-state index is 12.1. The van der Waals surface area contributed by atoms with Gasteiger partial charge in [0.15, 0.2) is 6.61 Å². The van der Waals surface area contributed by atoms with E-state index in [9.17, 15) is 19.7 Å². The average Bonchev–Trinajstić information content (AvgIpc) is 2.63. The van der Waals surface area contributed by atoms with Gasteiger partial charge in [-0.1, -0.05) is 32.0 Å². The van der Waals surface area contributed by atoms with Gasteiger partial charge >= 0.3 is 5.97 Å². The van der Waals surface area contributed by atoms with Crippen molar-refractivity contribution in [3.05, 3.63) is 68.8 Å². The number of nitro groups is 1. The second-order valence-corrected chi connectivity index (χ2v) is 6.56. The summed E-state index contributed by atoms with van der Waals surface area (Å²) >= 11 is 0. The number of ether oxygens (including phenoxy) is 1. The molecular formula is C20H22N2O5. The smallest absolute Gasteiger partial charge is 0.338 e. The van der Waals surface area contributed by atoms with Crippen molar-refractivity contribution in [2.24, 2.45) is 0 Å². The van der Waals surface area contributed by atoms with Crippen LogP contribution in [-0.2, 0) is 9.53 Å². The summed E-state index contributed by atoms with van der Waals surface area (Å²) in [5, 5.41) is 13.6. The normalized spacial score (nSPS) is 10.6. The number of carbonyl (C=O) groups excluding carboxylic acids is 2. The highest BCUT2D eigenvalue weighted by Gasteiger charge is 2.20. The third-order valence-corrected chi connectivity index (χ3v) is 4.32. The van der Waals surface area contributed by atoms with E-state index in [0.717, 1.165) is 11.1 Å². The first-order valence-electron chi connectivity index (χ1n) is 8.52. The van der Waals surface area contributed by atoms with Gasteiger partial charge in [0, 0.05) is 6.07 Å². The number of aryl methyl sites for hydroxylation is 1. The molecule has 2 rings (SSSR count). The van der Waals surface area contributed by atoms with Crippen LogP contribution in [0.3, 0.4) is 0 Å². The standard InChI is InChI=1S/C20H22N2O5/c1-12(2)15-6-8-16(9-7-15)20(24)27-11-18(23)21-19-14(4)13(3)5-10-17(19)22(25)26/h5-10,12H,11H2,1-4H3,(H,21,23). The molecule has 0 aromatic heterocycles. The van der Waals surface area contributed by atoms with E-state index in [1.165, 1.54) is 6.07 Å². The van der Waals surface area contributed by atoms with Gasteiger partial charge in [0.1, 0.15) is 5.69 Å². The van der Waals surface area contributed by atoms with E-state index in [1.807, 2.05) is 26.0 Å². The van der Waals surface area contributed by atoms with Gasteiger partial charge in [0.05, 0.1) is 10.5 Å². The van der Waals surface area contributed by atoms with Gasteiger partial charge in [-0.05, 0) is 48.6 Å². The molecule has 0 saturated carbocycles. The molecule has 0 aliphatic carbocycles. The number of esters is 1. The van der Waals surface area contributed by atoms with Crippen molar-refractivity contribution in [1.82, 2.24) is 0 Å². The van der Waals surface area contributed by atoms with Crippen molar-refractivity contribution >= 4 is 23.3 Å². The Morgan fingerprint density at radius 3 is 2.30 bits per heavy atom. The Morgan fingerprint density at radius 1 is 1.11 bits per heavy atom. The summed E-state index contributed by atoms with van der Waals surface area (Å²) in [7, 11) is 0. The minimum Gasteiger partial charge on any atom is -0.452 e. The quantitative estimate of drug-likeness (QED) is 0.468. The molecule has 0 atom stereocenters. The third-order valence-electron chi connectivity index (χ3n) is 4.32. The number of hydrogen-bond acceptors (Lipinski definition) is 5. The Balaban J connectivity index is 2.03. The number of nitrogens with one attached hydrogen (secondary N) is 1. The molecule has 0 bridgehead atoms. The second-order valence-electron chi connectivity index (χ2n) is 6.56. The molecule has 0 aliphatic heterocycles. The van der Waals surface area contributed by atoms with Crippen molar-refractivity contribution in [2.75, 3.05) is 11.9 Å². The van der Waals surface area contributed by atoms with Crippen LogP contribution in [0.25, 0.3) is 0 Å². The number of amides is 1. The van der Waals surface area contributed by atoms with Crippen LogP contribution in [0.4, 0.5) is 11.4 Å². The summed E-state index contributed by atoms with van der Waals surface area (Å²) in [6.45, 7) is 7.03. The van der Waals surface area contributed by atoms with Gasteiger partial charge < -0.3 is 10.1 Å². The highest BCUT2D eigenvalue weighted by atomic mass is 16.6. The lowest BCUT2D eigenvalue weighted by Gasteiger charge is -2.11. The predicted molar refractivity (Wildman–Crippen MR) is 102 cm³/mol. The van der Waals surface area contributed by atoms with Gasteiger partial charge in [-0.3, -0.25) is 14.9 Å². The molecule has 1 N–H and O–H groups in total. The summed E-state index contributed by atoms with van der Waals surface area (Å²) in [6, 6.07) is 9.90. The fourth-order valence-corrected chi connectivity index (χ4v) is 2.51. The van der Waals surface area contributed by atoms with Gasteiger partial charge in [-0.25, -0.2) is 4.79 Å². The monoisotopic (exact) mass is 370 g/mol. The number of nitrogens with zero attached hydrogens (tertiary/aromatic N) is 1. The molecule has 0 unspecified atom stereocenters. The Kier molecular flexibility index (Phi) is 6.28. The molecule has 2 aromatic rings. The third kappa shape index (κ3) is 4.91. The Bertz CT molecular complexity index is 873. The topological polar surface area (TPSA) is 98.5 Å². The predicted octanol–water partition coefficient (Wildman–Crippen LogP) is 4.13. The number of nitro benzene ring substituents is 1. The van der Waals surface area contributed by atoms with Crippen LogP contribution < -0.4 is 5.32 Å². The van der Waals surface area contributed by atoms with Gasteiger partial charge in [0.2, 0.25) is 0 Å². The lowest BCUT2D eigenvalue weighted by atomic mass is 10.0. The number of hydrogen-bond donors (Lipinski definition) is 1. The lowest BCUT2D eigenvalue weighted by Crippen LogP contribution is -2.22. The van der Waals surface area contributed by atoms with E-state index in [4.69, 9.17) is 4.74 Å². The van der Waals surface area contributed by atoms with Gasteiger partial charge in [-0.15, -0.1) is 0 Å². The Morgan fingerprint density at radius 2 is 1.74 bits per heavy atom. The molecule has 7 nitrogen and oxygen atoms in total. The largest absolute Gasteiger partial charge is 0.452 e. The van der Waals surface area contributed by atoms with Crippen LogP contribution in [0.15, 0.2) is 36.4 Å². The van der Waals surface area contributed by atoms with E-state index < -0.39 is 23.4 Å². The average molecular weight is 370 g/mol. The number of anilines is 1. The zero-order valence-electron chi connectivity index (χ0n) is 15.7. The highest BCUT2D eigenvalue weighted by Crippen LogP contribution is 2.30. The molecule has 0 aliphatic rings. The van der Waals surface area contributed by atoms with Crippen LogP contribution in [0.2, 0.25) is 0 Å². The van der Waals surface area contributed by atoms with Crippen LogP contribution in [0, 0.1) is 24.0 Å². The lowest BCUT2D eigenvalue weighted by molar-refractivity contribution is -0.384. The van der Waals surface area contributed by atoms with Crippen LogP contribution in [0.1, 0.15) is 46.8 Å². The van der Waals surface area contributed by atoms with Crippen LogP contribution >= 0.6 is 0 Å². The zero-order chi connectivity index (χ0) is 20.1. The van der Waals surface area contributed by atoms with Crippen LogP contribution in [0.5, 0.6) is 0 Å². The first-order chi connectivity index (χ1) is 12.7. The Labute approximate surface area is 157 Å². The number of rotatable bonds is 6. The van der Waals surface area contributed by atoms with E-state index in [1.54, 1.807) is 32.0 Å². The molecular weight excluding hydrogens is 348 g/mol. The fourth-order valence-electron chi connectivity index (χ4n) is 2.51. The summed E-state index contributed by atoms with van der Waals surface area (Å²) < 4.78 is 5.01. The number of carbonyl (C=O) groups is 2. The summed E-state index contributed by atoms with van der Waals surface area (Å²) in [5.41, 5.74) is 2.73. The number of benzene rings is 2. The fraction of sp³-hybridized carbons (Fsp3) is 0.300. The maximum Gasteiger partial charge on any atom is 0.338 e. The van der Waals surface area contributed by atoms with Crippen LogP contribution in [-0.4, -0.2) is 23.4 Å². The van der Waals surface area contributed by atoms with E-state index in [0.29, 0.717) is 17.0 Å².